The van der Waals surface area contributed by atoms with E-state index in [1.165, 1.54) is 11.1 Å². The SMILES string of the molecule is CCc1ccc(OC/C=C(\C)CCC2OC2(C)CC)cc1. The van der Waals surface area contributed by atoms with Gasteiger partial charge in [0.1, 0.15) is 12.4 Å². The normalized spacial score (nSPS) is 25.0. The molecule has 0 N–H and O–H groups in total. The van der Waals surface area contributed by atoms with Crippen molar-refractivity contribution in [2.24, 2.45) is 0 Å². The van der Waals surface area contributed by atoms with E-state index in [1.807, 2.05) is 12.1 Å². The second kappa shape index (κ2) is 7.13. The van der Waals surface area contributed by atoms with Crippen molar-refractivity contribution < 1.29 is 9.47 Å². The third-order valence-corrected chi connectivity index (χ3v) is 4.55. The Bertz CT molecular complexity index is 475. The summed E-state index contributed by atoms with van der Waals surface area (Å²) in [7, 11) is 0. The number of rotatable bonds is 8. The second-order valence-corrected chi connectivity index (χ2v) is 6.17. The van der Waals surface area contributed by atoms with E-state index in [0.717, 1.165) is 31.4 Å². The van der Waals surface area contributed by atoms with Gasteiger partial charge in [-0.2, -0.15) is 0 Å². The van der Waals surface area contributed by atoms with Gasteiger partial charge < -0.3 is 9.47 Å². The molecule has 0 bridgehead atoms. The van der Waals surface area contributed by atoms with Crippen molar-refractivity contribution in [1.82, 2.24) is 0 Å². The minimum atomic E-state index is 0.151. The van der Waals surface area contributed by atoms with Crippen LogP contribution < -0.4 is 4.74 Å². The predicted molar refractivity (Wildman–Crippen MR) is 87.9 cm³/mol. The topological polar surface area (TPSA) is 21.8 Å². The van der Waals surface area contributed by atoms with E-state index in [0.29, 0.717) is 12.7 Å². The van der Waals surface area contributed by atoms with E-state index in [-0.39, 0.29) is 5.60 Å². The summed E-state index contributed by atoms with van der Waals surface area (Å²) >= 11 is 0. The summed E-state index contributed by atoms with van der Waals surface area (Å²) in [4.78, 5) is 0. The molecule has 2 heteroatoms. The average molecular weight is 288 g/mol. The molecule has 0 amide bonds. The maximum Gasteiger partial charge on any atom is 0.119 e. The molecule has 2 unspecified atom stereocenters. The first-order valence-corrected chi connectivity index (χ1v) is 8.12. The number of benzene rings is 1. The fraction of sp³-hybridized carbons (Fsp3) is 0.579. The van der Waals surface area contributed by atoms with Gasteiger partial charge in [-0.25, -0.2) is 0 Å². The Morgan fingerprint density at radius 1 is 1.29 bits per heavy atom. The van der Waals surface area contributed by atoms with Gasteiger partial charge in [0.2, 0.25) is 0 Å². The molecule has 0 spiro atoms. The molecule has 1 aromatic rings. The standard InChI is InChI=1S/C19H28O2/c1-5-16-8-10-17(11-9-16)20-14-13-15(3)7-12-18-19(4,6-2)21-18/h8-11,13,18H,5-7,12,14H2,1-4H3/b15-13+. The fourth-order valence-electron chi connectivity index (χ4n) is 2.53. The lowest BCUT2D eigenvalue weighted by atomic mass is 9.99. The lowest BCUT2D eigenvalue weighted by Gasteiger charge is -2.06. The zero-order chi connectivity index (χ0) is 15.3. The first kappa shape index (κ1) is 16.1. The van der Waals surface area contributed by atoms with Crippen LogP contribution in [0.3, 0.4) is 0 Å². The Balaban J connectivity index is 1.68. The summed E-state index contributed by atoms with van der Waals surface area (Å²) in [5, 5.41) is 0. The molecule has 1 heterocycles. The van der Waals surface area contributed by atoms with E-state index in [9.17, 15) is 0 Å². The van der Waals surface area contributed by atoms with Crippen LogP contribution >= 0.6 is 0 Å². The minimum absolute atomic E-state index is 0.151. The molecule has 1 fully saturated rings. The zero-order valence-electron chi connectivity index (χ0n) is 13.8. The maximum atomic E-state index is 5.75. The molecule has 0 aliphatic carbocycles. The molecule has 0 saturated carbocycles. The number of allylic oxidation sites excluding steroid dienone is 1. The minimum Gasteiger partial charge on any atom is -0.490 e. The Hall–Kier alpha value is -1.28. The van der Waals surface area contributed by atoms with Gasteiger partial charge in [0, 0.05) is 0 Å². The third kappa shape index (κ3) is 4.60. The van der Waals surface area contributed by atoms with Crippen LogP contribution in [0.25, 0.3) is 0 Å². The van der Waals surface area contributed by atoms with Gasteiger partial charge in [-0.15, -0.1) is 0 Å². The third-order valence-electron chi connectivity index (χ3n) is 4.55. The molecular formula is C19H28O2. The van der Waals surface area contributed by atoms with Crippen molar-refractivity contribution in [3.8, 4) is 5.75 Å². The van der Waals surface area contributed by atoms with Crippen molar-refractivity contribution in [3.05, 3.63) is 41.5 Å². The van der Waals surface area contributed by atoms with Gasteiger partial charge in [-0.1, -0.05) is 31.6 Å². The quantitative estimate of drug-likeness (QED) is 0.500. The summed E-state index contributed by atoms with van der Waals surface area (Å²) in [6.07, 6.45) is 7.03. The average Bonchev–Trinajstić information content (AvgIpc) is 3.17. The summed E-state index contributed by atoms with van der Waals surface area (Å²) in [6, 6.07) is 8.35. The van der Waals surface area contributed by atoms with E-state index >= 15 is 0 Å². The fourth-order valence-corrected chi connectivity index (χ4v) is 2.53. The van der Waals surface area contributed by atoms with Crippen molar-refractivity contribution in [2.45, 2.75) is 65.1 Å². The van der Waals surface area contributed by atoms with Crippen molar-refractivity contribution in [3.63, 3.8) is 0 Å². The van der Waals surface area contributed by atoms with E-state index < -0.39 is 0 Å². The van der Waals surface area contributed by atoms with Gasteiger partial charge in [-0.3, -0.25) is 0 Å². The van der Waals surface area contributed by atoms with Crippen molar-refractivity contribution in [1.29, 1.82) is 0 Å². The van der Waals surface area contributed by atoms with Gasteiger partial charge in [0.15, 0.2) is 0 Å². The molecule has 1 aliphatic rings. The van der Waals surface area contributed by atoms with Crippen molar-refractivity contribution >= 4 is 0 Å². The van der Waals surface area contributed by atoms with Crippen LogP contribution in [0.15, 0.2) is 35.9 Å². The summed E-state index contributed by atoms with van der Waals surface area (Å²) in [5.41, 5.74) is 2.88. The summed E-state index contributed by atoms with van der Waals surface area (Å²) in [6.45, 7) is 9.39. The Morgan fingerprint density at radius 3 is 2.57 bits per heavy atom. The maximum absolute atomic E-state index is 5.75. The molecule has 2 atom stereocenters. The number of ether oxygens (including phenoxy) is 2. The monoisotopic (exact) mass is 288 g/mol. The molecule has 116 valence electrons. The van der Waals surface area contributed by atoms with Crippen molar-refractivity contribution in [2.75, 3.05) is 6.61 Å². The molecule has 1 aliphatic heterocycles. The lowest BCUT2D eigenvalue weighted by molar-refractivity contribution is 0.300. The van der Waals surface area contributed by atoms with Gasteiger partial charge in [0.25, 0.3) is 0 Å². The number of hydrogen-bond donors (Lipinski definition) is 0. The Labute approximate surface area is 129 Å². The molecule has 1 saturated heterocycles. The van der Waals surface area contributed by atoms with Crippen LogP contribution in [0.2, 0.25) is 0 Å². The molecule has 0 aromatic heterocycles. The molecule has 2 nitrogen and oxygen atoms in total. The second-order valence-electron chi connectivity index (χ2n) is 6.17. The van der Waals surface area contributed by atoms with Crippen LogP contribution in [0.1, 0.15) is 52.5 Å². The van der Waals surface area contributed by atoms with Gasteiger partial charge in [-0.05, 0) is 63.3 Å². The highest BCUT2D eigenvalue weighted by molar-refractivity contribution is 5.27. The number of epoxide rings is 1. The van der Waals surface area contributed by atoms with Crippen LogP contribution in [0.5, 0.6) is 5.75 Å². The van der Waals surface area contributed by atoms with E-state index in [2.05, 4.69) is 45.9 Å². The first-order chi connectivity index (χ1) is 10.1. The van der Waals surface area contributed by atoms with Gasteiger partial charge in [0.05, 0.1) is 11.7 Å². The smallest absolute Gasteiger partial charge is 0.119 e. The van der Waals surface area contributed by atoms with E-state index in [1.54, 1.807) is 0 Å². The first-order valence-electron chi connectivity index (χ1n) is 8.12. The largest absolute Gasteiger partial charge is 0.490 e. The number of aryl methyl sites for hydroxylation is 1. The van der Waals surface area contributed by atoms with Crippen LogP contribution in [0, 0.1) is 0 Å². The Kier molecular flexibility index (Phi) is 5.46. The zero-order valence-corrected chi connectivity index (χ0v) is 13.8. The molecular weight excluding hydrogens is 260 g/mol. The molecule has 2 rings (SSSR count). The van der Waals surface area contributed by atoms with E-state index in [4.69, 9.17) is 9.47 Å². The molecule has 0 radical (unpaired) electrons. The van der Waals surface area contributed by atoms with Crippen LogP contribution in [0.4, 0.5) is 0 Å². The molecule has 1 aromatic carbocycles. The summed E-state index contributed by atoms with van der Waals surface area (Å²) in [5.74, 6) is 0.945. The number of hydrogen-bond acceptors (Lipinski definition) is 2. The highest BCUT2D eigenvalue weighted by Crippen LogP contribution is 2.42. The predicted octanol–water partition coefficient (Wildman–Crippen LogP) is 4.92. The Morgan fingerprint density at radius 2 is 2.00 bits per heavy atom. The van der Waals surface area contributed by atoms with Crippen LogP contribution in [-0.4, -0.2) is 18.3 Å². The highest BCUT2D eigenvalue weighted by atomic mass is 16.6. The highest BCUT2D eigenvalue weighted by Gasteiger charge is 2.49. The lowest BCUT2D eigenvalue weighted by Crippen LogP contribution is -2.07. The summed E-state index contributed by atoms with van der Waals surface area (Å²) < 4.78 is 11.5. The van der Waals surface area contributed by atoms with Crippen LogP contribution in [-0.2, 0) is 11.2 Å². The van der Waals surface area contributed by atoms with Gasteiger partial charge >= 0.3 is 0 Å². The molecule has 21 heavy (non-hydrogen) atoms.